The highest BCUT2D eigenvalue weighted by Crippen LogP contribution is 2.41. The van der Waals surface area contributed by atoms with Gasteiger partial charge >= 0.3 is 0 Å². The molecular formula is C16H11ClN2O3. The summed E-state index contributed by atoms with van der Waals surface area (Å²) in [4.78, 5) is 12.1. The van der Waals surface area contributed by atoms with Gasteiger partial charge in [-0.05, 0) is 24.6 Å². The molecule has 5 nitrogen and oxygen atoms in total. The lowest BCUT2D eigenvalue weighted by atomic mass is 9.87. The molecule has 110 valence electrons. The number of nitrogens with zero attached hydrogens (tertiary/aromatic N) is 1. The van der Waals surface area contributed by atoms with Crippen LogP contribution in [0.2, 0.25) is 5.02 Å². The molecule has 1 aliphatic rings. The molecule has 1 aliphatic heterocycles. The highest BCUT2D eigenvalue weighted by atomic mass is 35.5. The first-order valence-electron chi connectivity index (χ1n) is 6.49. The number of aryl methyl sites for hydroxylation is 1. The van der Waals surface area contributed by atoms with E-state index >= 15 is 0 Å². The summed E-state index contributed by atoms with van der Waals surface area (Å²) in [6.45, 7) is 1.66. The van der Waals surface area contributed by atoms with Crippen molar-refractivity contribution in [3.05, 3.63) is 74.1 Å². The van der Waals surface area contributed by atoms with Gasteiger partial charge in [-0.3, -0.25) is 4.79 Å². The zero-order chi connectivity index (χ0) is 15.9. The van der Waals surface area contributed by atoms with Crippen LogP contribution in [-0.4, -0.2) is 0 Å². The number of hydrogen-bond acceptors (Lipinski definition) is 5. The van der Waals surface area contributed by atoms with E-state index in [4.69, 9.17) is 26.5 Å². The normalized spacial score (nSPS) is 16.7. The van der Waals surface area contributed by atoms with Crippen molar-refractivity contribution in [3.8, 4) is 11.8 Å². The molecule has 6 heteroatoms. The van der Waals surface area contributed by atoms with E-state index in [2.05, 4.69) is 0 Å². The molecule has 3 rings (SSSR count). The van der Waals surface area contributed by atoms with E-state index in [1.807, 2.05) is 6.07 Å². The Morgan fingerprint density at radius 3 is 2.82 bits per heavy atom. The minimum absolute atomic E-state index is 0.00655. The molecule has 0 spiro atoms. The van der Waals surface area contributed by atoms with Crippen molar-refractivity contribution < 1.29 is 9.15 Å². The Bertz CT molecular complexity index is 893. The van der Waals surface area contributed by atoms with Crippen LogP contribution >= 0.6 is 11.6 Å². The summed E-state index contributed by atoms with van der Waals surface area (Å²) in [7, 11) is 0. The van der Waals surface area contributed by atoms with Crippen LogP contribution in [0.15, 0.2) is 51.0 Å². The number of benzene rings is 1. The number of fused-ring (bicyclic) bond motifs is 1. The summed E-state index contributed by atoms with van der Waals surface area (Å²) in [6, 6.07) is 10.3. The van der Waals surface area contributed by atoms with Crippen LogP contribution in [0.3, 0.4) is 0 Å². The molecule has 0 fully saturated rings. The van der Waals surface area contributed by atoms with Crippen molar-refractivity contribution in [3.63, 3.8) is 0 Å². The van der Waals surface area contributed by atoms with Gasteiger partial charge in [-0.15, -0.1) is 0 Å². The Morgan fingerprint density at radius 1 is 1.36 bits per heavy atom. The predicted molar refractivity (Wildman–Crippen MR) is 80.5 cm³/mol. The van der Waals surface area contributed by atoms with E-state index in [0.717, 1.165) is 0 Å². The topological polar surface area (TPSA) is 89.2 Å². The van der Waals surface area contributed by atoms with E-state index in [0.29, 0.717) is 16.3 Å². The lowest BCUT2D eigenvalue weighted by Gasteiger charge is -2.24. The Hall–Kier alpha value is -2.71. The third kappa shape index (κ3) is 2.24. The molecule has 2 aromatic rings. The third-order valence-corrected chi connectivity index (χ3v) is 3.62. The van der Waals surface area contributed by atoms with Crippen molar-refractivity contribution in [2.75, 3.05) is 0 Å². The minimum Gasteiger partial charge on any atom is -0.461 e. The summed E-state index contributed by atoms with van der Waals surface area (Å²) in [5, 5.41) is 9.92. The second-order valence-electron chi connectivity index (χ2n) is 4.89. The Kier molecular flexibility index (Phi) is 3.39. The zero-order valence-electron chi connectivity index (χ0n) is 11.6. The Labute approximate surface area is 131 Å². The highest BCUT2D eigenvalue weighted by molar-refractivity contribution is 6.30. The highest BCUT2D eigenvalue weighted by Gasteiger charge is 2.34. The quantitative estimate of drug-likeness (QED) is 0.874. The van der Waals surface area contributed by atoms with Gasteiger partial charge in [-0.25, -0.2) is 0 Å². The van der Waals surface area contributed by atoms with Crippen LogP contribution in [0.1, 0.15) is 23.0 Å². The summed E-state index contributed by atoms with van der Waals surface area (Å²) in [5.41, 5.74) is 6.34. The standard InChI is InChI=1S/C16H11ClN2O3/c1-8-5-12(20)14-15(21-8)13(11(7-18)16(19)22-14)9-3-2-4-10(17)6-9/h2-6,13H,19H2,1H3. The van der Waals surface area contributed by atoms with Crippen molar-refractivity contribution in [1.82, 2.24) is 0 Å². The molecule has 1 aromatic heterocycles. The molecule has 0 aliphatic carbocycles. The molecule has 22 heavy (non-hydrogen) atoms. The van der Waals surface area contributed by atoms with E-state index in [-0.39, 0.29) is 28.4 Å². The minimum atomic E-state index is -0.625. The van der Waals surface area contributed by atoms with Gasteiger partial charge in [-0.2, -0.15) is 5.26 Å². The van der Waals surface area contributed by atoms with E-state index in [9.17, 15) is 10.1 Å². The first-order chi connectivity index (χ1) is 10.5. The molecule has 0 bridgehead atoms. The first kappa shape index (κ1) is 14.2. The number of hydrogen-bond donors (Lipinski definition) is 1. The van der Waals surface area contributed by atoms with Gasteiger partial charge in [0.25, 0.3) is 0 Å². The maximum atomic E-state index is 12.1. The summed E-state index contributed by atoms with van der Waals surface area (Å²) < 4.78 is 11.0. The number of nitrogens with two attached hydrogens (primary N) is 1. The fourth-order valence-electron chi connectivity index (χ4n) is 2.47. The molecule has 1 aromatic carbocycles. The van der Waals surface area contributed by atoms with Crippen molar-refractivity contribution in [2.24, 2.45) is 5.73 Å². The van der Waals surface area contributed by atoms with Gasteiger partial charge in [0.1, 0.15) is 17.4 Å². The Morgan fingerprint density at radius 2 is 2.14 bits per heavy atom. The molecule has 2 N–H and O–H groups in total. The van der Waals surface area contributed by atoms with E-state index in [1.54, 1.807) is 31.2 Å². The zero-order valence-corrected chi connectivity index (χ0v) is 12.3. The smallest absolute Gasteiger partial charge is 0.228 e. The van der Waals surface area contributed by atoms with Gasteiger partial charge in [0.15, 0.2) is 5.76 Å². The molecule has 1 atom stereocenters. The maximum Gasteiger partial charge on any atom is 0.228 e. The maximum absolute atomic E-state index is 12.1. The fourth-order valence-corrected chi connectivity index (χ4v) is 2.67. The average molecular weight is 315 g/mol. The van der Waals surface area contributed by atoms with Gasteiger partial charge in [-0.1, -0.05) is 23.7 Å². The van der Waals surface area contributed by atoms with Gasteiger partial charge < -0.3 is 14.9 Å². The van der Waals surface area contributed by atoms with Crippen LogP contribution in [0.25, 0.3) is 0 Å². The fraction of sp³-hybridized carbons (Fsp3) is 0.125. The van der Waals surface area contributed by atoms with Crippen LogP contribution < -0.4 is 15.9 Å². The first-order valence-corrected chi connectivity index (χ1v) is 6.86. The van der Waals surface area contributed by atoms with Crippen molar-refractivity contribution in [2.45, 2.75) is 12.8 Å². The molecule has 0 saturated heterocycles. The number of allylic oxidation sites excluding steroid dienone is 1. The molecule has 0 radical (unpaired) electrons. The average Bonchev–Trinajstić information content (AvgIpc) is 2.47. The van der Waals surface area contributed by atoms with Gasteiger partial charge in [0.05, 0.1) is 5.92 Å². The Balaban J connectivity index is 2.32. The van der Waals surface area contributed by atoms with Crippen LogP contribution in [0.5, 0.6) is 5.75 Å². The third-order valence-electron chi connectivity index (χ3n) is 3.38. The number of ether oxygens (including phenoxy) is 1. The lowest BCUT2D eigenvalue weighted by Crippen LogP contribution is -2.25. The van der Waals surface area contributed by atoms with Crippen LogP contribution in [0.4, 0.5) is 0 Å². The largest absolute Gasteiger partial charge is 0.461 e. The van der Waals surface area contributed by atoms with Gasteiger partial charge in [0, 0.05) is 11.1 Å². The van der Waals surface area contributed by atoms with E-state index in [1.165, 1.54) is 6.07 Å². The molecule has 1 unspecified atom stereocenters. The lowest BCUT2D eigenvalue weighted by molar-refractivity contribution is 0.337. The second kappa shape index (κ2) is 5.24. The molecule has 0 saturated carbocycles. The monoisotopic (exact) mass is 314 g/mol. The summed E-state index contributed by atoms with van der Waals surface area (Å²) >= 11 is 6.03. The number of nitriles is 1. The number of halogens is 1. The molecular weight excluding hydrogens is 304 g/mol. The van der Waals surface area contributed by atoms with E-state index < -0.39 is 5.92 Å². The van der Waals surface area contributed by atoms with Crippen molar-refractivity contribution in [1.29, 1.82) is 5.26 Å². The predicted octanol–water partition coefficient (Wildman–Crippen LogP) is 2.82. The second-order valence-corrected chi connectivity index (χ2v) is 5.33. The SMILES string of the molecule is Cc1cc(=O)c2c(o1)C(c1cccc(Cl)c1)C(C#N)=C(N)O2. The molecule has 0 amide bonds. The molecule has 2 heterocycles. The van der Waals surface area contributed by atoms with Crippen LogP contribution in [-0.2, 0) is 0 Å². The van der Waals surface area contributed by atoms with Crippen LogP contribution in [0, 0.1) is 18.3 Å². The van der Waals surface area contributed by atoms with Gasteiger partial charge in [0.2, 0.25) is 17.1 Å². The number of rotatable bonds is 1. The summed E-state index contributed by atoms with van der Waals surface area (Å²) in [6.07, 6.45) is 0. The van der Waals surface area contributed by atoms with Crippen molar-refractivity contribution >= 4 is 11.6 Å². The summed E-state index contributed by atoms with van der Waals surface area (Å²) in [5.74, 6) is -0.0292.